The maximum atomic E-state index is 7.98. The number of fused-ring (bicyclic) bond motifs is 32. The number of furan rings is 3. The van der Waals surface area contributed by atoms with E-state index >= 15 is 0 Å². The molecular weight excluding hydrogens is 1640 g/mol. The monoisotopic (exact) mass is 1710 g/mol. The van der Waals surface area contributed by atoms with Crippen molar-refractivity contribution in [3.05, 3.63) is 411 Å². The van der Waals surface area contributed by atoms with Crippen molar-refractivity contribution in [3.63, 3.8) is 0 Å². The van der Waals surface area contributed by atoms with E-state index in [0.717, 1.165) is 194 Å². The number of para-hydroxylation sites is 4. The third-order valence-corrected chi connectivity index (χ3v) is 31.3. The van der Waals surface area contributed by atoms with E-state index in [9.17, 15) is 0 Å². The lowest BCUT2D eigenvalue weighted by Crippen LogP contribution is -2.56. The predicted octanol–water partition coefficient (Wildman–Crippen LogP) is 31.8. The number of aryl methyl sites for hydroxylation is 4. The second kappa shape index (κ2) is 26.8. The van der Waals surface area contributed by atoms with E-state index in [1.807, 2.05) is 0 Å². The van der Waals surface area contributed by atoms with Gasteiger partial charge in [-0.25, -0.2) is 0 Å². The summed E-state index contributed by atoms with van der Waals surface area (Å²) in [6.07, 6.45) is 0. The molecule has 0 saturated carbocycles. The van der Waals surface area contributed by atoms with Crippen molar-refractivity contribution in [1.29, 1.82) is 0 Å². The molecule has 22 aromatic carbocycles. The highest BCUT2D eigenvalue weighted by Crippen LogP contribution is 2.57. The van der Waals surface area contributed by atoms with Gasteiger partial charge < -0.3 is 32.0 Å². The molecule has 5 aromatic heterocycles. The van der Waals surface area contributed by atoms with Crippen molar-refractivity contribution in [2.24, 2.45) is 0 Å². The number of benzene rings is 22. The van der Waals surface area contributed by atoms with Crippen LogP contribution in [-0.2, 0) is 0 Å². The first-order chi connectivity index (χ1) is 66.6. The van der Waals surface area contributed by atoms with E-state index in [1.165, 1.54) is 126 Å². The predicted molar refractivity (Wildman–Crippen MR) is 569 cm³/mol. The van der Waals surface area contributed by atoms with Gasteiger partial charge in [-0.2, -0.15) is 0 Å². The molecule has 0 atom stereocenters. The molecule has 31 rings (SSSR count). The first-order valence-electron chi connectivity index (χ1n) is 47.0. The standard InChI is InChI=1S/C126H76B2N4O3/c1-69-86-38-19-20-39-87(86)70(2)98-66-110-106(64-96(69)98)128-121-112(130(110)85-57-82(75-33-13-7-14-34-75)54-83(58-85)76-35-15-8-16-36-76)68-102-92-52-50-78(61-115(92)135-124(102)117(121)104-63-101-91-42-24-28-48-114(91)134-126(101)119-94-44-22-26-46-108(94)132(128)123(104)119)77-49-51-88-71(3)97-65-105-109(67-99(97)72(4)95(88)59-77)129(84-55-80(73-29-9-5-10-30-73)53-81(56-84)74-31-11-6-12-32-74)111-60-79-37-17-18-40-89(79)116-103-62-100-90-41-23-27-47-113(90)133-125(100)118-93-43-21-25-45-107(93)131(122(103)118)127(105)120(111)116/h5-68H,1-4H3. The zero-order valence-corrected chi connectivity index (χ0v) is 74.1. The van der Waals surface area contributed by atoms with Gasteiger partial charge >= 0.3 is 13.7 Å². The Morgan fingerprint density at radius 1 is 0.215 bits per heavy atom. The van der Waals surface area contributed by atoms with E-state index < -0.39 is 0 Å². The van der Waals surface area contributed by atoms with Crippen LogP contribution in [0.2, 0.25) is 0 Å². The van der Waals surface area contributed by atoms with Gasteiger partial charge in [0.05, 0.1) is 10.8 Å². The molecule has 0 unspecified atom stereocenters. The van der Waals surface area contributed by atoms with Crippen LogP contribution in [0, 0.1) is 27.7 Å². The van der Waals surface area contributed by atoms with E-state index in [-0.39, 0.29) is 13.7 Å². The summed E-state index contributed by atoms with van der Waals surface area (Å²) in [4.78, 5) is 5.28. The number of anilines is 6. The summed E-state index contributed by atoms with van der Waals surface area (Å²) in [6, 6.07) is 146. The molecule has 135 heavy (non-hydrogen) atoms. The summed E-state index contributed by atoms with van der Waals surface area (Å²) in [7, 11) is 0. The van der Waals surface area contributed by atoms with Crippen LogP contribution < -0.4 is 31.7 Å². The minimum Gasteiger partial charge on any atom is -0.455 e. The molecule has 9 heterocycles. The summed E-state index contributed by atoms with van der Waals surface area (Å²) in [5.41, 5.74) is 42.5. The van der Waals surface area contributed by atoms with Crippen LogP contribution in [0.1, 0.15) is 22.3 Å². The van der Waals surface area contributed by atoms with Crippen LogP contribution in [-0.4, -0.2) is 22.7 Å². The summed E-state index contributed by atoms with van der Waals surface area (Å²) >= 11 is 0. The fourth-order valence-electron chi connectivity index (χ4n) is 25.3. The summed E-state index contributed by atoms with van der Waals surface area (Å²) in [6.45, 7) is 8.81. The smallest absolute Gasteiger partial charge is 0.333 e. The molecule has 4 aliphatic heterocycles. The number of nitrogens with zero attached hydrogens (tertiary/aromatic N) is 4. The molecule has 0 radical (unpaired) electrons. The molecule has 4 aliphatic rings. The van der Waals surface area contributed by atoms with Gasteiger partial charge in [-0.3, -0.25) is 0 Å². The molecule has 7 nitrogen and oxygen atoms in total. The Labute approximate surface area is 775 Å². The quantitative estimate of drug-likeness (QED) is 0.118. The van der Waals surface area contributed by atoms with Gasteiger partial charge in [-0.05, 0) is 302 Å². The molecule has 0 amide bonds. The SMILES string of the molecule is Cc1c2ccc(-c3ccc4c(c3)oc3c5c6c(cc34)N(c3cc(-c4ccccc4)cc(-c4ccccc4)c3)c3cc4c(C)c7ccccc7c(C)c4cc3B6n3c4ccccc4c4c6oc7ccccc7c6cc-5c43)cc2c(C)c2cc3c(cc12)B1c2c(cc4ccccc4c2-c2cc4c5ccccc5oc4c4c5ccccc5n1c24)N3c1cc(-c2ccccc2)cc(-c2ccccc2)c1. The van der Waals surface area contributed by atoms with Crippen molar-refractivity contribution < 1.29 is 13.3 Å². The topological polar surface area (TPSA) is 55.8 Å². The van der Waals surface area contributed by atoms with E-state index in [1.54, 1.807) is 0 Å². The zero-order valence-electron chi connectivity index (χ0n) is 74.1. The highest BCUT2D eigenvalue weighted by molar-refractivity contribution is 6.92. The van der Waals surface area contributed by atoms with Crippen molar-refractivity contribution in [2.75, 3.05) is 9.80 Å². The van der Waals surface area contributed by atoms with Crippen LogP contribution in [0.15, 0.2) is 401 Å². The minimum absolute atomic E-state index is 0.251. The lowest BCUT2D eigenvalue weighted by atomic mass is 9.44. The van der Waals surface area contributed by atoms with E-state index in [2.05, 4.69) is 435 Å². The van der Waals surface area contributed by atoms with E-state index in [0.29, 0.717) is 0 Å². The number of hydrogen-bond acceptors (Lipinski definition) is 5. The second-order valence-corrected chi connectivity index (χ2v) is 38.0. The first-order valence-corrected chi connectivity index (χ1v) is 47.0. The minimum atomic E-state index is -0.324. The molecule has 624 valence electrons. The molecule has 0 spiro atoms. The van der Waals surface area contributed by atoms with Gasteiger partial charge in [0.2, 0.25) is 0 Å². The average Bonchev–Trinajstić information content (AvgIpc) is 1.56. The molecule has 0 N–H and O–H groups in total. The zero-order chi connectivity index (χ0) is 88.3. The normalized spacial score (nSPS) is 13.1. The molecule has 0 saturated heterocycles. The second-order valence-electron chi connectivity index (χ2n) is 38.0. The third kappa shape index (κ3) is 9.89. The maximum absolute atomic E-state index is 7.98. The molecule has 0 bridgehead atoms. The first kappa shape index (κ1) is 73.6. The van der Waals surface area contributed by atoms with Crippen molar-refractivity contribution in [3.8, 4) is 77.9 Å². The van der Waals surface area contributed by atoms with Gasteiger partial charge in [-0.15, -0.1) is 0 Å². The van der Waals surface area contributed by atoms with Gasteiger partial charge in [0.15, 0.2) is 0 Å². The van der Waals surface area contributed by atoms with E-state index in [4.69, 9.17) is 13.3 Å². The Morgan fingerprint density at radius 3 is 1.06 bits per heavy atom. The molecule has 27 aromatic rings. The van der Waals surface area contributed by atoms with Crippen molar-refractivity contribution in [1.82, 2.24) is 8.96 Å². The molecule has 0 fully saturated rings. The summed E-state index contributed by atoms with van der Waals surface area (Å²) < 4.78 is 27.7. The van der Waals surface area contributed by atoms with Gasteiger partial charge in [0.25, 0.3) is 0 Å². The van der Waals surface area contributed by atoms with Crippen LogP contribution in [0.5, 0.6) is 0 Å². The van der Waals surface area contributed by atoms with Crippen molar-refractivity contribution in [2.45, 2.75) is 27.7 Å². The van der Waals surface area contributed by atoms with Gasteiger partial charge in [-0.1, -0.05) is 273 Å². The third-order valence-electron chi connectivity index (χ3n) is 31.3. The fourth-order valence-corrected chi connectivity index (χ4v) is 25.3. The number of rotatable bonds is 7. The lowest BCUT2D eigenvalue weighted by Gasteiger charge is -2.41. The summed E-state index contributed by atoms with van der Waals surface area (Å²) in [5.74, 6) is 0. The summed E-state index contributed by atoms with van der Waals surface area (Å²) in [5, 5.41) is 23.4. The Hall–Kier alpha value is -17.1. The average molecular weight is 1720 g/mol. The Morgan fingerprint density at radius 2 is 0.563 bits per heavy atom. The maximum Gasteiger partial charge on any atom is 0.333 e. The largest absolute Gasteiger partial charge is 0.455 e. The van der Waals surface area contributed by atoms with Crippen LogP contribution >= 0.6 is 0 Å². The Bertz CT molecular complexity index is 9980. The lowest BCUT2D eigenvalue weighted by molar-refractivity contribution is 0.670. The van der Waals surface area contributed by atoms with Crippen LogP contribution in [0.25, 0.3) is 241 Å². The molecule has 0 aliphatic carbocycles. The highest BCUT2D eigenvalue weighted by atomic mass is 16.3. The highest BCUT2D eigenvalue weighted by Gasteiger charge is 2.48. The number of hydrogen-bond donors (Lipinski definition) is 0. The molecule has 9 heteroatoms. The van der Waals surface area contributed by atoms with Crippen LogP contribution in [0.4, 0.5) is 34.1 Å². The van der Waals surface area contributed by atoms with Crippen LogP contribution in [0.3, 0.4) is 0 Å². The fraction of sp³-hybridized carbons (Fsp3) is 0.0317. The Balaban J connectivity index is 0.654. The van der Waals surface area contributed by atoms with Crippen molar-refractivity contribution >= 4 is 233 Å². The Kier molecular flexibility index (Phi) is 14.6. The number of aromatic nitrogens is 2. The van der Waals surface area contributed by atoms with Gasteiger partial charge in [0.1, 0.15) is 33.5 Å². The molecular formula is C126H76B2N4O3. The van der Waals surface area contributed by atoms with Gasteiger partial charge in [0, 0.05) is 116 Å².